The van der Waals surface area contributed by atoms with Crippen LogP contribution in [0.15, 0.2) is 36.4 Å². The lowest BCUT2D eigenvalue weighted by molar-refractivity contribution is 0.525. The molecule has 0 aliphatic carbocycles. The summed E-state index contributed by atoms with van der Waals surface area (Å²) < 4.78 is 6.51. The van der Waals surface area contributed by atoms with E-state index in [-0.39, 0.29) is 0 Å². The van der Waals surface area contributed by atoms with E-state index >= 15 is 0 Å². The number of rotatable bonds is 10. The van der Waals surface area contributed by atoms with Crippen molar-refractivity contribution in [2.24, 2.45) is 11.5 Å². The summed E-state index contributed by atoms with van der Waals surface area (Å²) >= 11 is 0. The van der Waals surface area contributed by atoms with E-state index in [1.807, 2.05) is 36.4 Å². The zero-order valence-electron chi connectivity index (χ0n) is 18.8. The van der Waals surface area contributed by atoms with E-state index < -0.39 is 16.6 Å². The van der Waals surface area contributed by atoms with E-state index in [0.717, 1.165) is 48.1 Å². The molecular formula is C22H42N4OSi2. The number of hydrogen-bond acceptors (Lipinski definition) is 5. The van der Waals surface area contributed by atoms with E-state index in [2.05, 4.69) is 26.2 Å². The number of anilines is 2. The minimum atomic E-state index is -1.51. The smallest absolute Gasteiger partial charge is 0.176 e. The van der Waals surface area contributed by atoms with Crippen LogP contribution in [0, 0.1) is 0 Å². The van der Waals surface area contributed by atoms with Gasteiger partial charge in [0.05, 0.1) is 0 Å². The Balaban J connectivity index is 0.000000304. The van der Waals surface area contributed by atoms with Crippen LogP contribution in [0.1, 0.15) is 25.7 Å². The lowest BCUT2D eigenvalue weighted by Crippen LogP contribution is -2.44. The molecular weight excluding hydrogens is 392 g/mol. The second-order valence-electron chi connectivity index (χ2n) is 8.95. The molecule has 0 radical (unpaired) electrons. The molecule has 0 saturated carbocycles. The monoisotopic (exact) mass is 434 g/mol. The first kappa shape index (κ1) is 25.6. The van der Waals surface area contributed by atoms with E-state index in [1.165, 1.54) is 24.9 Å². The first-order valence-electron chi connectivity index (χ1n) is 10.7. The lowest BCUT2D eigenvalue weighted by Gasteiger charge is -2.35. The maximum atomic E-state index is 6.51. The van der Waals surface area contributed by atoms with Gasteiger partial charge in [-0.05, 0) is 76.3 Å². The zero-order chi connectivity index (χ0) is 21.9. The number of nitrogen functional groups attached to an aromatic ring is 2. The molecule has 0 saturated heterocycles. The van der Waals surface area contributed by atoms with Gasteiger partial charge in [0.25, 0.3) is 0 Å². The number of benzene rings is 2. The summed E-state index contributed by atoms with van der Waals surface area (Å²) in [6.07, 6.45) is 4.72. The first-order valence-corrected chi connectivity index (χ1v) is 17.0. The van der Waals surface area contributed by atoms with Crippen LogP contribution in [-0.2, 0) is 4.12 Å². The standard InChI is InChI=1S/C12H32N2OSi2.C10H10N2/c1-16(2,3)15-17(4,11-7-5-9-13)12-8-6-10-14;11-9-5-1-3-7-8(9)4-2-6-10(7)12/h5-14H2,1-4H3;1-6H,11-12H2. The quantitative estimate of drug-likeness (QED) is 0.241. The summed E-state index contributed by atoms with van der Waals surface area (Å²) in [5.41, 5.74) is 24.2. The molecule has 0 bridgehead atoms. The maximum Gasteiger partial charge on any atom is 0.176 e. The number of unbranched alkanes of at least 4 members (excludes halogenated alkanes) is 2. The second kappa shape index (κ2) is 12.3. The van der Waals surface area contributed by atoms with Crippen molar-refractivity contribution in [1.82, 2.24) is 0 Å². The Kier molecular flexibility index (Phi) is 10.9. The van der Waals surface area contributed by atoms with Gasteiger partial charge in [-0.2, -0.15) is 0 Å². The largest absolute Gasteiger partial charge is 0.456 e. The Hall–Kier alpha value is -1.39. The Morgan fingerprint density at radius 2 is 1.10 bits per heavy atom. The summed E-state index contributed by atoms with van der Waals surface area (Å²) in [6.45, 7) is 10.9. The molecule has 0 atom stereocenters. The highest BCUT2D eigenvalue weighted by molar-refractivity contribution is 6.84. The fourth-order valence-corrected chi connectivity index (χ4v) is 12.6. The van der Waals surface area contributed by atoms with Crippen LogP contribution in [0.25, 0.3) is 10.8 Å². The summed E-state index contributed by atoms with van der Waals surface area (Å²) in [6, 6.07) is 14.0. The fourth-order valence-electron chi connectivity index (χ4n) is 3.61. The minimum Gasteiger partial charge on any atom is -0.456 e. The van der Waals surface area contributed by atoms with Crippen LogP contribution in [0.3, 0.4) is 0 Å². The van der Waals surface area contributed by atoms with Crippen molar-refractivity contribution in [3.8, 4) is 0 Å². The highest BCUT2D eigenvalue weighted by atomic mass is 28.4. The van der Waals surface area contributed by atoms with E-state index in [1.54, 1.807) is 0 Å². The molecule has 164 valence electrons. The highest BCUT2D eigenvalue weighted by Gasteiger charge is 2.33. The molecule has 5 nitrogen and oxygen atoms in total. The SMILES string of the molecule is C[Si](C)(C)O[Si](C)(CCCCN)CCCCN.Nc1cccc2c(N)cccc12. The summed E-state index contributed by atoms with van der Waals surface area (Å²) in [5, 5.41) is 2.05. The Morgan fingerprint density at radius 3 is 1.45 bits per heavy atom. The van der Waals surface area contributed by atoms with Crippen molar-refractivity contribution in [3.05, 3.63) is 36.4 Å². The lowest BCUT2D eigenvalue weighted by atomic mass is 10.1. The van der Waals surface area contributed by atoms with Gasteiger partial charge in [0.2, 0.25) is 0 Å². The Bertz CT molecular complexity index is 683. The summed E-state index contributed by atoms with van der Waals surface area (Å²) in [4.78, 5) is 0. The number of fused-ring (bicyclic) bond motifs is 1. The predicted octanol–water partition coefficient (Wildman–Crippen LogP) is 4.90. The molecule has 0 heterocycles. The van der Waals surface area contributed by atoms with Crippen LogP contribution < -0.4 is 22.9 Å². The van der Waals surface area contributed by atoms with Crippen molar-refractivity contribution in [3.63, 3.8) is 0 Å². The molecule has 2 aromatic carbocycles. The molecule has 0 aliphatic rings. The van der Waals surface area contributed by atoms with E-state index in [4.69, 9.17) is 27.0 Å². The summed E-state index contributed by atoms with van der Waals surface area (Å²) in [7, 11) is -2.92. The van der Waals surface area contributed by atoms with Crippen LogP contribution in [-0.4, -0.2) is 29.7 Å². The Labute approximate surface area is 179 Å². The van der Waals surface area contributed by atoms with Gasteiger partial charge in [-0.3, -0.25) is 0 Å². The van der Waals surface area contributed by atoms with Gasteiger partial charge < -0.3 is 27.0 Å². The van der Waals surface area contributed by atoms with Gasteiger partial charge >= 0.3 is 0 Å². The first-order chi connectivity index (χ1) is 13.6. The molecule has 0 spiro atoms. The molecule has 8 N–H and O–H groups in total. The second-order valence-corrected chi connectivity index (χ2v) is 17.9. The topological polar surface area (TPSA) is 113 Å². The normalized spacial score (nSPS) is 11.9. The van der Waals surface area contributed by atoms with Crippen molar-refractivity contribution in [1.29, 1.82) is 0 Å². The van der Waals surface area contributed by atoms with Crippen molar-refractivity contribution < 1.29 is 4.12 Å². The average Bonchev–Trinajstić information content (AvgIpc) is 2.62. The summed E-state index contributed by atoms with van der Waals surface area (Å²) in [5.74, 6) is 0. The molecule has 0 fully saturated rings. The number of nitrogens with two attached hydrogens (primary N) is 4. The molecule has 0 aliphatic heterocycles. The van der Waals surface area contributed by atoms with E-state index in [0.29, 0.717) is 0 Å². The molecule has 0 amide bonds. The van der Waals surface area contributed by atoms with Gasteiger partial charge in [0.1, 0.15) is 0 Å². The molecule has 29 heavy (non-hydrogen) atoms. The molecule has 7 heteroatoms. The highest BCUT2D eigenvalue weighted by Crippen LogP contribution is 2.27. The van der Waals surface area contributed by atoms with Gasteiger partial charge in [-0.25, -0.2) is 0 Å². The van der Waals surface area contributed by atoms with E-state index in [9.17, 15) is 0 Å². The minimum absolute atomic E-state index is 0.778. The molecule has 2 aromatic rings. The van der Waals surface area contributed by atoms with Crippen LogP contribution in [0.5, 0.6) is 0 Å². The fraction of sp³-hybridized carbons (Fsp3) is 0.545. The third-order valence-electron chi connectivity index (χ3n) is 4.86. The van der Waals surface area contributed by atoms with Crippen LogP contribution in [0.2, 0.25) is 38.3 Å². The molecule has 0 aromatic heterocycles. The van der Waals surface area contributed by atoms with Gasteiger partial charge in [0.15, 0.2) is 16.6 Å². The zero-order valence-corrected chi connectivity index (χ0v) is 20.8. The third-order valence-corrected chi connectivity index (χ3v) is 12.1. The van der Waals surface area contributed by atoms with Gasteiger partial charge in [-0.15, -0.1) is 0 Å². The van der Waals surface area contributed by atoms with Crippen molar-refractivity contribution >= 4 is 38.8 Å². The van der Waals surface area contributed by atoms with Crippen molar-refractivity contribution in [2.45, 2.75) is 64.0 Å². The average molecular weight is 435 g/mol. The van der Waals surface area contributed by atoms with Crippen LogP contribution in [0.4, 0.5) is 11.4 Å². The van der Waals surface area contributed by atoms with Gasteiger partial charge in [0, 0.05) is 22.1 Å². The molecule has 0 unspecified atom stereocenters. The molecule has 2 rings (SSSR count). The van der Waals surface area contributed by atoms with Gasteiger partial charge in [-0.1, -0.05) is 37.1 Å². The third kappa shape index (κ3) is 9.77. The maximum absolute atomic E-state index is 6.51. The predicted molar refractivity (Wildman–Crippen MR) is 135 cm³/mol. The van der Waals surface area contributed by atoms with Crippen molar-refractivity contribution in [2.75, 3.05) is 24.6 Å². The number of hydrogen-bond donors (Lipinski definition) is 4. The Morgan fingerprint density at radius 1 is 0.690 bits per heavy atom. The van der Waals surface area contributed by atoms with Crippen LogP contribution >= 0.6 is 0 Å².